The van der Waals surface area contributed by atoms with Crippen molar-refractivity contribution in [3.8, 4) is 17.5 Å². The van der Waals surface area contributed by atoms with Gasteiger partial charge in [-0.15, -0.1) is 11.3 Å². The molecule has 36 heavy (non-hydrogen) atoms. The molecule has 186 valence electrons. The Morgan fingerprint density at radius 2 is 1.78 bits per heavy atom. The van der Waals surface area contributed by atoms with Crippen molar-refractivity contribution in [1.29, 1.82) is 5.26 Å². The number of carbonyl (C=O) groups excluding carboxylic acids is 1. The Balaban J connectivity index is 1.83. The maximum Gasteiger partial charge on any atom is 0.387 e. The van der Waals surface area contributed by atoms with Crippen molar-refractivity contribution in [2.24, 2.45) is 0 Å². The van der Waals surface area contributed by atoms with E-state index in [1.165, 1.54) is 16.7 Å². The number of halogens is 2. The lowest BCUT2D eigenvalue weighted by Gasteiger charge is -2.33. The van der Waals surface area contributed by atoms with Gasteiger partial charge in [0.2, 0.25) is 0 Å². The second kappa shape index (κ2) is 11.3. The molecule has 3 aromatic rings. The van der Waals surface area contributed by atoms with E-state index >= 15 is 0 Å². The number of para-hydroxylation sites is 1. The van der Waals surface area contributed by atoms with E-state index in [2.05, 4.69) is 16.6 Å². The van der Waals surface area contributed by atoms with Crippen molar-refractivity contribution in [2.75, 3.05) is 32.7 Å². The van der Waals surface area contributed by atoms with Crippen LogP contribution in [0.4, 0.5) is 8.78 Å². The molecule has 1 aliphatic heterocycles. The molecule has 0 saturated carbocycles. The molecule has 0 unspecified atom stereocenters. The number of ether oxygens (including phenoxy) is 1. The number of alkyl halides is 2. The van der Waals surface area contributed by atoms with E-state index in [9.17, 15) is 23.6 Å². The van der Waals surface area contributed by atoms with E-state index in [-0.39, 0.29) is 21.5 Å². The Morgan fingerprint density at radius 3 is 2.36 bits per heavy atom. The summed E-state index contributed by atoms with van der Waals surface area (Å²) in [6.07, 6.45) is 1.60. The molecule has 0 radical (unpaired) electrons. The van der Waals surface area contributed by atoms with Crippen LogP contribution < -0.4 is 19.5 Å². The van der Waals surface area contributed by atoms with Crippen LogP contribution in [0.15, 0.2) is 59.4 Å². The van der Waals surface area contributed by atoms with Crippen LogP contribution in [0.1, 0.15) is 12.5 Å². The summed E-state index contributed by atoms with van der Waals surface area (Å²) in [5, 5.41) is 10.0. The zero-order valence-corrected chi connectivity index (χ0v) is 20.4. The van der Waals surface area contributed by atoms with Crippen LogP contribution in [-0.2, 0) is 4.79 Å². The quantitative estimate of drug-likeness (QED) is 0.508. The number of aromatic nitrogens is 1. The molecule has 4 rings (SSSR count). The Bertz CT molecular complexity index is 1440. The minimum atomic E-state index is -2.93. The number of amides is 1. The molecule has 10 heteroatoms. The molecule has 0 atom stereocenters. The number of nitriles is 1. The lowest BCUT2D eigenvalue weighted by molar-refractivity contribution is -0.126. The summed E-state index contributed by atoms with van der Waals surface area (Å²) in [5.74, 6) is -0.399. The molecule has 2 aromatic carbocycles. The van der Waals surface area contributed by atoms with Gasteiger partial charge in [-0.1, -0.05) is 37.3 Å². The Kier molecular flexibility index (Phi) is 7.93. The first-order chi connectivity index (χ1) is 17.4. The fourth-order valence-corrected chi connectivity index (χ4v) is 5.07. The van der Waals surface area contributed by atoms with E-state index in [1.54, 1.807) is 47.4 Å². The van der Waals surface area contributed by atoms with Crippen LogP contribution in [0.2, 0.25) is 0 Å². The fourth-order valence-electron chi connectivity index (χ4n) is 3.97. The van der Waals surface area contributed by atoms with Crippen LogP contribution in [0.25, 0.3) is 17.3 Å². The average Bonchev–Trinajstić information content (AvgIpc) is 3.21. The molecular formula is C26H24F2N4O3S. The summed E-state index contributed by atoms with van der Waals surface area (Å²) >= 11 is 1.05. The van der Waals surface area contributed by atoms with Gasteiger partial charge in [0.05, 0.1) is 10.2 Å². The molecule has 7 nitrogen and oxygen atoms in total. The number of hydrogen-bond acceptors (Lipinski definition) is 6. The Hall–Kier alpha value is -3.81. The molecular weight excluding hydrogens is 486 g/mol. The predicted octanol–water partition coefficient (Wildman–Crippen LogP) is 2.17. The third-order valence-electron chi connectivity index (χ3n) is 5.89. The highest BCUT2D eigenvalue weighted by Crippen LogP contribution is 2.15. The maximum absolute atomic E-state index is 13.5. The molecule has 1 aliphatic rings. The van der Waals surface area contributed by atoms with Crippen LogP contribution in [-0.4, -0.2) is 59.6 Å². The second-order valence-electron chi connectivity index (χ2n) is 8.05. The number of carbonyl (C=O) groups is 1. The molecule has 0 spiro atoms. The van der Waals surface area contributed by atoms with Gasteiger partial charge in [-0.2, -0.15) is 14.0 Å². The van der Waals surface area contributed by atoms with Crippen molar-refractivity contribution in [1.82, 2.24) is 14.4 Å². The third-order valence-corrected chi connectivity index (χ3v) is 6.98. The van der Waals surface area contributed by atoms with E-state index in [1.807, 2.05) is 12.1 Å². The Morgan fingerprint density at radius 1 is 1.11 bits per heavy atom. The van der Waals surface area contributed by atoms with Crippen LogP contribution in [0.3, 0.4) is 0 Å². The highest BCUT2D eigenvalue weighted by atomic mass is 32.1. The Labute approximate surface area is 210 Å². The summed E-state index contributed by atoms with van der Waals surface area (Å²) < 4.78 is 31.2. The summed E-state index contributed by atoms with van der Waals surface area (Å²) in [6, 6.07) is 16.7. The van der Waals surface area contributed by atoms with Crippen molar-refractivity contribution in [3.05, 3.63) is 79.7 Å². The first-order valence-electron chi connectivity index (χ1n) is 11.4. The number of likely N-dealkylation sites (N-methyl/N-ethyl adjacent to an activating group) is 1. The second-order valence-corrected chi connectivity index (χ2v) is 9.08. The molecule has 0 aliphatic carbocycles. The van der Waals surface area contributed by atoms with Crippen LogP contribution in [0, 0.1) is 11.3 Å². The van der Waals surface area contributed by atoms with E-state index in [0.29, 0.717) is 28.9 Å². The molecule has 1 amide bonds. The average molecular weight is 511 g/mol. The number of thiazole rings is 1. The standard InChI is InChI=1S/C26H24F2N4O3S/c1-2-30-12-14-31(15-13-30)23(33)21(17-29)25-32(19-6-4-3-5-7-19)24(34)22(36-25)16-18-8-10-20(11-9-18)35-26(27)28/h3-11,16,26H,2,12-15H2,1H3/b22-16-,25-21-. The highest BCUT2D eigenvalue weighted by molar-refractivity contribution is 7.07. The van der Waals surface area contributed by atoms with E-state index in [0.717, 1.165) is 31.0 Å². The van der Waals surface area contributed by atoms with Gasteiger partial charge in [0.15, 0.2) is 5.57 Å². The van der Waals surface area contributed by atoms with Gasteiger partial charge < -0.3 is 14.5 Å². The van der Waals surface area contributed by atoms with Gasteiger partial charge in [-0.3, -0.25) is 14.2 Å². The normalized spacial score (nSPS) is 15.6. The van der Waals surface area contributed by atoms with Crippen LogP contribution in [0.5, 0.6) is 5.75 Å². The van der Waals surface area contributed by atoms with Crippen molar-refractivity contribution in [3.63, 3.8) is 0 Å². The molecule has 1 fully saturated rings. The fraction of sp³-hybridized carbons (Fsp3) is 0.269. The topological polar surface area (TPSA) is 78.6 Å². The number of rotatable bonds is 6. The number of piperazine rings is 1. The smallest absolute Gasteiger partial charge is 0.387 e. The number of hydrogen-bond donors (Lipinski definition) is 0. The van der Waals surface area contributed by atoms with Gasteiger partial charge in [-0.05, 0) is 42.4 Å². The van der Waals surface area contributed by atoms with Gasteiger partial charge in [0, 0.05) is 26.2 Å². The van der Waals surface area contributed by atoms with E-state index < -0.39 is 12.5 Å². The third kappa shape index (κ3) is 5.53. The lowest BCUT2D eigenvalue weighted by Crippen LogP contribution is -2.49. The predicted molar refractivity (Wildman–Crippen MR) is 134 cm³/mol. The number of benzene rings is 2. The van der Waals surface area contributed by atoms with Gasteiger partial charge in [0.1, 0.15) is 16.5 Å². The van der Waals surface area contributed by atoms with Crippen LogP contribution >= 0.6 is 11.3 Å². The molecule has 1 aromatic heterocycles. The monoisotopic (exact) mass is 510 g/mol. The van der Waals surface area contributed by atoms with Crippen molar-refractivity contribution >= 4 is 28.9 Å². The largest absolute Gasteiger partial charge is 0.435 e. The van der Waals surface area contributed by atoms with Crippen molar-refractivity contribution < 1.29 is 18.3 Å². The highest BCUT2D eigenvalue weighted by Gasteiger charge is 2.25. The lowest BCUT2D eigenvalue weighted by atomic mass is 10.2. The first kappa shape index (κ1) is 25.3. The SMILES string of the molecule is CCN1CCN(C(=O)/C(C#N)=c2\s/c(=C\c3ccc(OC(F)F)cc3)c(=O)n2-c2ccccc2)CC1. The van der Waals surface area contributed by atoms with Gasteiger partial charge in [-0.25, -0.2) is 0 Å². The molecule has 1 saturated heterocycles. The first-order valence-corrected chi connectivity index (χ1v) is 12.2. The zero-order valence-electron chi connectivity index (χ0n) is 19.6. The summed E-state index contributed by atoms with van der Waals surface area (Å²) in [6.45, 7) is 2.48. The minimum Gasteiger partial charge on any atom is -0.435 e. The number of nitrogens with zero attached hydrogens (tertiary/aromatic N) is 4. The molecule has 0 N–H and O–H groups in total. The molecule has 0 bridgehead atoms. The minimum absolute atomic E-state index is 0.00424. The van der Waals surface area contributed by atoms with Crippen molar-refractivity contribution in [2.45, 2.75) is 13.5 Å². The zero-order chi connectivity index (χ0) is 25.7. The van der Waals surface area contributed by atoms with Gasteiger partial charge in [0.25, 0.3) is 11.5 Å². The maximum atomic E-state index is 13.5. The van der Waals surface area contributed by atoms with Gasteiger partial charge >= 0.3 is 6.61 Å². The molecule has 2 heterocycles. The summed E-state index contributed by atoms with van der Waals surface area (Å²) in [5.41, 5.74) is 0.643. The summed E-state index contributed by atoms with van der Waals surface area (Å²) in [4.78, 5) is 30.7. The summed E-state index contributed by atoms with van der Waals surface area (Å²) in [7, 11) is 0. The van der Waals surface area contributed by atoms with E-state index in [4.69, 9.17) is 0 Å².